The standard InChI is InChI=1S/C19H17N3O2S/c1-21(2)11-10-14-8-9-16(12-18(14)22(23)24)17-13-25-19(20-17)15-6-4-3-5-7-15/h3-13H,1-2H3. The van der Waals surface area contributed by atoms with Crippen LogP contribution in [0.1, 0.15) is 5.56 Å². The Morgan fingerprint density at radius 3 is 2.56 bits per heavy atom. The molecule has 126 valence electrons. The van der Waals surface area contributed by atoms with Gasteiger partial charge in [-0.2, -0.15) is 0 Å². The van der Waals surface area contributed by atoms with Crippen molar-refractivity contribution in [3.05, 3.63) is 75.8 Å². The van der Waals surface area contributed by atoms with Crippen LogP contribution in [0.25, 0.3) is 27.9 Å². The summed E-state index contributed by atoms with van der Waals surface area (Å²) < 4.78 is 0. The van der Waals surface area contributed by atoms with Gasteiger partial charge in [0.1, 0.15) is 5.01 Å². The van der Waals surface area contributed by atoms with Crippen molar-refractivity contribution < 1.29 is 4.92 Å². The first kappa shape index (κ1) is 16.9. The molecule has 0 saturated heterocycles. The molecule has 0 saturated carbocycles. The Morgan fingerprint density at radius 2 is 1.88 bits per heavy atom. The second-order valence-electron chi connectivity index (χ2n) is 5.71. The minimum Gasteiger partial charge on any atom is -0.383 e. The second kappa shape index (κ2) is 7.27. The fraction of sp³-hybridized carbons (Fsp3) is 0.105. The van der Waals surface area contributed by atoms with E-state index < -0.39 is 0 Å². The molecule has 0 unspecified atom stereocenters. The summed E-state index contributed by atoms with van der Waals surface area (Å²) in [4.78, 5) is 17.5. The highest BCUT2D eigenvalue weighted by Gasteiger charge is 2.15. The molecule has 1 heterocycles. The smallest absolute Gasteiger partial charge is 0.277 e. The summed E-state index contributed by atoms with van der Waals surface area (Å²) in [6, 6.07) is 15.1. The first-order chi connectivity index (χ1) is 12.0. The molecular weight excluding hydrogens is 334 g/mol. The van der Waals surface area contributed by atoms with Gasteiger partial charge in [-0.05, 0) is 18.3 Å². The number of nitrogens with zero attached hydrogens (tertiary/aromatic N) is 3. The van der Waals surface area contributed by atoms with Crippen LogP contribution in [-0.4, -0.2) is 28.9 Å². The lowest BCUT2D eigenvalue weighted by Gasteiger charge is -2.05. The van der Waals surface area contributed by atoms with Crippen LogP contribution in [0.15, 0.2) is 60.1 Å². The van der Waals surface area contributed by atoms with Crippen molar-refractivity contribution in [1.29, 1.82) is 0 Å². The van der Waals surface area contributed by atoms with Crippen LogP contribution in [0, 0.1) is 10.1 Å². The molecule has 0 radical (unpaired) electrons. The monoisotopic (exact) mass is 351 g/mol. The summed E-state index contributed by atoms with van der Waals surface area (Å²) in [5, 5.41) is 14.2. The first-order valence-corrected chi connectivity index (χ1v) is 8.57. The molecule has 0 N–H and O–H groups in total. The number of hydrogen-bond donors (Lipinski definition) is 0. The van der Waals surface area contributed by atoms with Gasteiger partial charge >= 0.3 is 0 Å². The molecule has 0 bridgehead atoms. The van der Waals surface area contributed by atoms with E-state index in [0.717, 1.165) is 21.8 Å². The highest BCUT2D eigenvalue weighted by Crippen LogP contribution is 2.32. The molecule has 0 fully saturated rings. The molecule has 3 aromatic rings. The number of hydrogen-bond acceptors (Lipinski definition) is 5. The van der Waals surface area contributed by atoms with E-state index in [9.17, 15) is 10.1 Å². The van der Waals surface area contributed by atoms with E-state index in [0.29, 0.717) is 5.56 Å². The first-order valence-electron chi connectivity index (χ1n) is 7.69. The Bertz CT molecular complexity index is 917. The highest BCUT2D eigenvalue weighted by atomic mass is 32.1. The van der Waals surface area contributed by atoms with E-state index in [-0.39, 0.29) is 10.6 Å². The van der Waals surface area contributed by atoms with Crippen LogP contribution >= 0.6 is 11.3 Å². The molecule has 6 heteroatoms. The van der Waals surface area contributed by atoms with Gasteiger partial charge in [0.05, 0.1) is 16.2 Å². The lowest BCUT2D eigenvalue weighted by Crippen LogP contribution is -2.00. The Morgan fingerprint density at radius 1 is 1.12 bits per heavy atom. The third-order valence-corrected chi connectivity index (χ3v) is 4.49. The van der Waals surface area contributed by atoms with Gasteiger partial charge in [0.2, 0.25) is 0 Å². The summed E-state index contributed by atoms with van der Waals surface area (Å²) in [6.45, 7) is 0. The lowest BCUT2D eigenvalue weighted by atomic mass is 10.1. The third-order valence-electron chi connectivity index (χ3n) is 3.60. The molecule has 2 aromatic carbocycles. The Labute approximate surface area is 150 Å². The molecular formula is C19H17N3O2S. The number of benzene rings is 2. The maximum absolute atomic E-state index is 11.4. The quantitative estimate of drug-likeness (QED) is 0.484. The Kier molecular flexibility index (Phi) is 4.90. The van der Waals surface area contributed by atoms with Gasteiger partial charge in [-0.3, -0.25) is 10.1 Å². The number of aromatic nitrogens is 1. The van der Waals surface area contributed by atoms with Crippen molar-refractivity contribution in [3.63, 3.8) is 0 Å². The molecule has 0 aliphatic rings. The van der Waals surface area contributed by atoms with Crippen LogP contribution in [0.4, 0.5) is 5.69 Å². The minimum absolute atomic E-state index is 0.0739. The molecule has 0 aliphatic heterocycles. The number of nitro benzene ring substituents is 1. The van der Waals surface area contributed by atoms with Crippen molar-refractivity contribution in [3.8, 4) is 21.8 Å². The third kappa shape index (κ3) is 3.92. The fourth-order valence-electron chi connectivity index (χ4n) is 2.35. The maximum Gasteiger partial charge on any atom is 0.277 e. The van der Waals surface area contributed by atoms with Crippen molar-refractivity contribution in [2.75, 3.05) is 14.1 Å². The molecule has 1 aromatic heterocycles. The van der Waals surface area contributed by atoms with E-state index in [2.05, 4.69) is 4.98 Å². The van der Waals surface area contributed by atoms with E-state index in [1.165, 1.54) is 11.3 Å². The molecule has 25 heavy (non-hydrogen) atoms. The van der Waals surface area contributed by atoms with Gasteiger partial charge < -0.3 is 4.90 Å². The van der Waals surface area contributed by atoms with Gasteiger partial charge in [0.15, 0.2) is 0 Å². The van der Waals surface area contributed by atoms with E-state index in [4.69, 9.17) is 0 Å². The van der Waals surface area contributed by atoms with Crippen LogP contribution in [0.5, 0.6) is 0 Å². The van der Waals surface area contributed by atoms with Crippen molar-refractivity contribution in [2.45, 2.75) is 0 Å². The largest absolute Gasteiger partial charge is 0.383 e. The SMILES string of the molecule is CN(C)C=Cc1ccc(-c2csc(-c3ccccc3)n2)cc1[N+](=O)[O-]. The average molecular weight is 351 g/mol. The Balaban J connectivity index is 1.97. The van der Waals surface area contributed by atoms with Crippen LogP contribution in [-0.2, 0) is 0 Å². The predicted molar refractivity (Wildman–Crippen MR) is 102 cm³/mol. The summed E-state index contributed by atoms with van der Waals surface area (Å²) in [5.74, 6) is 0. The van der Waals surface area contributed by atoms with Gasteiger partial charge in [-0.25, -0.2) is 4.98 Å². The molecule has 0 aliphatic carbocycles. The summed E-state index contributed by atoms with van der Waals surface area (Å²) in [6.07, 6.45) is 3.52. The number of rotatable bonds is 5. The molecule has 0 atom stereocenters. The highest BCUT2D eigenvalue weighted by molar-refractivity contribution is 7.13. The van der Waals surface area contributed by atoms with Crippen molar-refractivity contribution >= 4 is 23.1 Å². The summed E-state index contributed by atoms with van der Waals surface area (Å²) >= 11 is 1.53. The van der Waals surface area contributed by atoms with Gasteiger partial charge in [-0.1, -0.05) is 36.4 Å². The minimum atomic E-state index is -0.358. The van der Waals surface area contributed by atoms with E-state index >= 15 is 0 Å². The zero-order valence-electron chi connectivity index (χ0n) is 13.9. The van der Waals surface area contributed by atoms with E-state index in [1.807, 2.05) is 60.8 Å². The Hall–Kier alpha value is -2.99. The topological polar surface area (TPSA) is 59.3 Å². The fourth-order valence-corrected chi connectivity index (χ4v) is 3.19. The zero-order valence-corrected chi connectivity index (χ0v) is 14.7. The zero-order chi connectivity index (χ0) is 17.8. The van der Waals surface area contributed by atoms with Crippen molar-refractivity contribution in [2.24, 2.45) is 0 Å². The molecule has 0 spiro atoms. The van der Waals surface area contributed by atoms with Crippen molar-refractivity contribution in [1.82, 2.24) is 9.88 Å². The van der Waals surface area contributed by atoms with E-state index in [1.54, 1.807) is 24.4 Å². The molecule has 0 amide bonds. The van der Waals surface area contributed by atoms with Crippen LogP contribution in [0.3, 0.4) is 0 Å². The normalized spacial score (nSPS) is 11.0. The average Bonchev–Trinajstić information content (AvgIpc) is 3.10. The lowest BCUT2D eigenvalue weighted by molar-refractivity contribution is -0.385. The van der Waals surface area contributed by atoms with Crippen LogP contribution in [0.2, 0.25) is 0 Å². The second-order valence-corrected chi connectivity index (χ2v) is 6.57. The maximum atomic E-state index is 11.4. The summed E-state index contributed by atoms with van der Waals surface area (Å²) in [7, 11) is 3.74. The molecule has 5 nitrogen and oxygen atoms in total. The molecule has 3 rings (SSSR count). The number of nitro groups is 1. The summed E-state index contributed by atoms with van der Waals surface area (Å²) in [5.41, 5.74) is 3.17. The van der Waals surface area contributed by atoms with Gasteiger partial charge in [0, 0.05) is 36.7 Å². The van der Waals surface area contributed by atoms with Gasteiger partial charge in [-0.15, -0.1) is 11.3 Å². The predicted octanol–water partition coefficient (Wildman–Crippen LogP) is 4.92. The van der Waals surface area contributed by atoms with Crippen LogP contribution < -0.4 is 0 Å². The van der Waals surface area contributed by atoms with Gasteiger partial charge in [0.25, 0.3) is 5.69 Å². The number of thiazole rings is 1.